The van der Waals surface area contributed by atoms with E-state index in [2.05, 4.69) is 50.2 Å². The van der Waals surface area contributed by atoms with Gasteiger partial charge in [0.1, 0.15) is 18.1 Å². The number of esters is 1. The van der Waals surface area contributed by atoms with E-state index in [4.69, 9.17) is 20.3 Å². The minimum absolute atomic E-state index is 0.0268. The smallest absolute Gasteiger partial charge is 0.310 e. The molecule has 0 saturated carbocycles. The first-order valence-electron chi connectivity index (χ1n) is 12.1. The summed E-state index contributed by atoms with van der Waals surface area (Å²) in [6.45, 7) is 8.68. The highest BCUT2D eigenvalue weighted by atomic mass is 16.5. The Balaban J connectivity index is 1.67. The number of para-hydroxylation sites is 1. The fourth-order valence-electron chi connectivity index (χ4n) is 4.19. The van der Waals surface area contributed by atoms with Crippen molar-refractivity contribution < 1.29 is 14.3 Å². The Hall–Kier alpha value is -3.64. The van der Waals surface area contributed by atoms with Crippen LogP contribution < -0.4 is 10.5 Å². The lowest BCUT2D eigenvalue weighted by atomic mass is 9.99. The van der Waals surface area contributed by atoms with Crippen LogP contribution in [0.5, 0.6) is 5.75 Å². The second-order valence-electron chi connectivity index (χ2n) is 9.01. The van der Waals surface area contributed by atoms with E-state index in [-0.39, 0.29) is 24.5 Å². The molecule has 1 atom stereocenters. The molecule has 0 aliphatic heterocycles. The predicted molar refractivity (Wildman–Crippen MR) is 139 cm³/mol. The van der Waals surface area contributed by atoms with Gasteiger partial charge in [0.2, 0.25) is 0 Å². The molecule has 182 valence electrons. The zero-order valence-electron chi connectivity index (χ0n) is 20.8. The monoisotopic (exact) mass is 471 g/mol. The molecule has 0 spiro atoms. The van der Waals surface area contributed by atoms with Crippen molar-refractivity contribution in [1.29, 1.82) is 0 Å². The van der Waals surface area contributed by atoms with Crippen LogP contribution in [0.1, 0.15) is 56.6 Å². The molecular formula is C29H33N3O3. The van der Waals surface area contributed by atoms with Gasteiger partial charge in [-0.2, -0.15) is 5.10 Å². The largest absolute Gasteiger partial charge is 0.487 e. The van der Waals surface area contributed by atoms with Gasteiger partial charge in [-0.05, 0) is 68.7 Å². The lowest BCUT2D eigenvalue weighted by Crippen LogP contribution is -2.09. The molecule has 3 aromatic carbocycles. The van der Waals surface area contributed by atoms with Crippen molar-refractivity contribution in [2.75, 3.05) is 6.61 Å². The molecule has 1 aromatic heterocycles. The van der Waals surface area contributed by atoms with Crippen molar-refractivity contribution in [1.82, 2.24) is 9.78 Å². The second-order valence-corrected chi connectivity index (χ2v) is 9.01. The first-order valence-corrected chi connectivity index (χ1v) is 12.1. The molecule has 0 bridgehead atoms. The summed E-state index contributed by atoms with van der Waals surface area (Å²) in [5.41, 5.74) is 12.1. The van der Waals surface area contributed by atoms with Crippen LogP contribution in [-0.2, 0) is 22.6 Å². The minimum Gasteiger partial charge on any atom is -0.487 e. The molecule has 6 heteroatoms. The number of carbonyl (C=O) groups excluding carboxylic acids is 1. The van der Waals surface area contributed by atoms with Gasteiger partial charge in [-0.3, -0.25) is 9.48 Å². The van der Waals surface area contributed by atoms with Gasteiger partial charge in [0, 0.05) is 23.0 Å². The first-order chi connectivity index (χ1) is 16.9. The molecule has 4 rings (SSSR count). The maximum absolute atomic E-state index is 12.0. The van der Waals surface area contributed by atoms with Gasteiger partial charge in [0.15, 0.2) is 0 Å². The zero-order chi connectivity index (χ0) is 24.9. The minimum atomic E-state index is -0.267. The van der Waals surface area contributed by atoms with Gasteiger partial charge in [0.05, 0.1) is 18.5 Å². The third-order valence-corrected chi connectivity index (χ3v) is 5.99. The van der Waals surface area contributed by atoms with Gasteiger partial charge >= 0.3 is 5.97 Å². The van der Waals surface area contributed by atoms with Crippen LogP contribution >= 0.6 is 0 Å². The predicted octanol–water partition coefficient (Wildman–Crippen LogP) is 5.99. The van der Waals surface area contributed by atoms with E-state index in [1.165, 1.54) is 0 Å². The maximum atomic E-state index is 12.0. The Morgan fingerprint density at radius 1 is 1.00 bits per heavy atom. The number of ether oxygens (including phenoxy) is 2. The molecule has 35 heavy (non-hydrogen) atoms. The number of benzene rings is 3. The molecule has 2 N–H and O–H groups in total. The zero-order valence-corrected chi connectivity index (χ0v) is 20.8. The number of fused-ring (bicyclic) bond motifs is 1. The highest BCUT2D eigenvalue weighted by molar-refractivity contribution is 5.87. The van der Waals surface area contributed by atoms with E-state index in [0.29, 0.717) is 19.0 Å². The summed E-state index contributed by atoms with van der Waals surface area (Å²) in [6, 6.07) is 22.5. The lowest BCUT2D eigenvalue weighted by Gasteiger charge is -2.11. The normalized spacial score (nSPS) is 12.2. The van der Waals surface area contributed by atoms with E-state index < -0.39 is 0 Å². The molecule has 0 radical (unpaired) electrons. The van der Waals surface area contributed by atoms with Crippen LogP contribution in [0.25, 0.3) is 22.0 Å². The van der Waals surface area contributed by atoms with Crippen LogP contribution in [0, 0.1) is 0 Å². The van der Waals surface area contributed by atoms with Crippen LogP contribution in [0.3, 0.4) is 0 Å². The Labute approximate surface area is 206 Å². The third kappa shape index (κ3) is 5.54. The van der Waals surface area contributed by atoms with Crippen molar-refractivity contribution >= 4 is 16.9 Å². The number of hydrogen-bond donors (Lipinski definition) is 1. The van der Waals surface area contributed by atoms with Crippen LogP contribution in [-0.4, -0.2) is 22.4 Å². The summed E-state index contributed by atoms with van der Waals surface area (Å²) in [7, 11) is 0. The molecule has 0 fully saturated rings. The van der Waals surface area contributed by atoms with Crippen LogP contribution in [0.2, 0.25) is 0 Å². The van der Waals surface area contributed by atoms with Crippen molar-refractivity contribution in [2.24, 2.45) is 5.73 Å². The molecule has 4 aromatic rings. The maximum Gasteiger partial charge on any atom is 0.310 e. The van der Waals surface area contributed by atoms with Crippen LogP contribution in [0.4, 0.5) is 0 Å². The molecule has 0 amide bonds. The van der Waals surface area contributed by atoms with E-state index >= 15 is 0 Å². The molecule has 0 aliphatic carbocycles. The third-order valence-electron chi connectivity index (χ3n) is 5.99. The van der Waals surface area contributed by atoms with E-state index in [1.807, 2.05) is 41.9 Å². The number of nitrogens with zero attached hydrogens (tertiary/aromatic N) is 2. The number of rotatable bonds is 9. The van der Waals surface area contributed by atoms with Crippen molar-refractivity contribution in [3.05, 3.63) is 83.6 Å². The van der Waals surface area contributed by atoms with E-state index in [1.54, 1.807) is 6.92 Å². The fraction of sp³-hybridized carbons (Fsp3) is 0.310. The Morgan fingerprint density at radius 2 is 1.77 bits per heavy atom. The summed E-state index contributed by atoms with van der Waals surface area (Å²) in [4.78, 5) is 12.0. The van der Waals surface area contributed by atoms with Gasteiger partial charge in [-0.1, -0.05) is 42.5 Å². The van der Waals surface area contributed by atoms with E-state index in [9.17, 15) is 4.79 Å². The number of hydrogen-bond acceptors (Lipinski definition) is 5. The molecular weight excluding hydrogens is 438 g/mol. The summed E-state index contributed by atoms with van der Waals surface area (Å²) < 4.78 is 13.3. The molecule has 0 unspecified atom stereocenters. The number of aromatic nitrogens is 2. The SMILES string of the molecule is CCOC(=O)Cc1ccccc1OCc1nn(C(C)C)c2ccc(-c3cccc([C@H](C)N)c3)cc12. The molecule has 6 nitrogen and oxygen atoms in total. The number of nitrogens with two attached hydrogens (primary N) is 1. The average molecular weight is 472 g/mol. The standard InChI is InChI=1S/C29H33N3O3/c1-5-34-29(33)17-24-9-6-7-12-28(24)35-18-26-25-16-23(13-14-27(25)32(31-26)19(2)3)22-11-8-10-21(15-22)20(4)30/h6-16,19-20H,5,17-18,30H2,1-4H3/t20-/m0/s1. The average Bonchev–Trinajstić information content (AvgIpc) is 3.22. The van der Waals surface area contributed by atoms with Crippen molar-refractivity contribution in [3.63, 3.8) is 0 Å². The van der Waals surface area contributed by atoms with Crippen molar-refractivity contribution in [2.45, 2.75) is 52.8 Å². The fourth-order valence-corrected chi connectivity index (χ4v) is 4.19. The Kier molecular flexibility index (Phi) is 7.51. The summed E-state index contributed by atoms with van der Waals surface area (Å²) in [5.74, 6) is 0.394. The summed E-state index contributed by atoms with van der Waals surface area (Å²) >= 11 is 0. The topological polar surface area (TPSA) is 79.4 Å². The van der Waals surface area contributed by atoms with Crippen molar-refractivity contribution in [3.8, 4) is 16.9 Å². The van der Waals surface area contributed by atoms with Gasteiger partial charge in [-0.15, -0.1) is 0 Å². The molecule has 0 saturated heterocycles. The van der Waals surface area contributed by atoms with Gasteiger partial charge in [-0.25, -0.2) is 0 Å². The molecule has 1 heterocycles. The Bertz CT molecular complexity index is 1320. The highest BCUT2D eigenvalue weighted by Crippen LogP contribution is 2.30. The lowest BCUT2D eigenvalue weighted by molar-refractivity contribution is -0.142. The summed E-state index contributed by atoms with van der Waals surface area (Å²) in [5, 5.41) is 5.93. The van der Waals surface area contributed by atoms with Gasteiger partial charge < -0.3 is 15.2 Å². The number of carbonyl (C=O) groups is 1. The van der Waals surface area contributed by atoms with E-state index in [0.717, 1.165) is 38.9 Å². The quantitative estimate of drug-likeness (QED) is 0.303. The first kappa shape index (κ1) is 24.5. The Morgan fingerprint density at radius 3 is 2.51 bits per heavy atom. The second kappa shape index (κ2) is 10.7. The molecule has 0 aliphatic rings. The summed E-state index contributed by atoms with van der Waals surface area (Å²) in [6.07, 6.45) is 0.172. The van der Waals surface area contributed by atoms with Crippen LogP contribution in [0.15, 0.2) is 66.7 Å². The highest BCUT2D eigenvalue weighted by Gasteiger charge is 2.16. The van der Waals surface area contributed by atoms with Gasteiger partial charge in [0.25, 0.3) is 0 Å².